The summed E-state index contributed by atoms with van der Waals surface area (Å²) < 4.78 is 5.78. The summed E-state index contributed by atoms with van der Waals surface area (Å²) in [7, 11) is 0. The van der Waals surface area contributed by atoms with Crippen LogP contribution < -0.4 is 4.74 Å². The third-order valence-electron chi connectivity index (χ3n) is 2.71. The fourth-order valence-corrected chi connectivity index (χ4v) is 1.90. The van der Waals surface area contributed by atoms with Gasteiger partial charge in [0.2, 0.25) is 0 Å². The first-order chi connectivity index (χ1) is 7.29. The van der Waals surface area contributed by atoms with Crippen LogP contribution in [0.15, 0.2) is 30.3 Å². The van der Waals surface area contributed by atoms with Crippen LogP contribution in [0.1, 0.15) is 13.3 Å². The molecule has 1 saturated heterocycles. The van der Waals surface area contributed by atoms with Crippen LogP contribution in [0.5, 0.6) is 5.75 Å². The summed E-state index contributed by atoms with van der Waals surface area (Å²) in [6.07, 6.45) is 3.24. The molecule has 3 heteroatoms. The van der Waals surface area contributed by atoms with Crippen molar-refractivity contribution < 1.29 is 4.74 Å². The second-order valence-electron chi connectivity index (χ2n) is 3.89. The van der Waals surface area contributed by atoms with Crippen molar-refractivity contribution in [1.82, 2.24) is 4.90 Å². The quantitative estimate of drug-likeness (QED) is 0.688. The van der Waals surface area contributed by atoms with E-state index in [2.05, 4.69) is 13.1 Å². The van der Waals surface area contributed by atoms with E-state index in [0.29, 0.717) is 12.6 Å². The summed E-state index contributed by atoms with van der Waals surface area (Å²) >= 11 is 0. The summed E-state index contributed by atoms with van der Waals surface area (Å²) in [4.78, 5) is 1.77. The molecule has 2 atom stereocenters. The predicted octanol–water partition coefficient (Wildman–Crippen LogP) is 2.01. The first kappa shape index (κ1) is 9.85. The number of ether oxygens (including phenoxy) is 1. The number of hydrogen-bond acceptors (Lipinski definition) is 3. The van der Waals surface area contributed by atoms with Gasteiger partial charge in [-0.3, -0.25) is 0 Å². The van der Waals surface area contributed by atoms with Crippen LogP contribution in [-0.2, 0) is 0 Å². The molecule has 0 amide bonds. The molecular weight excluding hydrogens is 188 g/mol. The van der Waals surface area contributed by atoms with Crippen LogP contribution >= 0.6 is 0 Å². The summed E-state index contributed by atoms with van der Waals surface area (Å²) in [6.45, 7) is 2.75. The lowest BCUT2D eigenvalue weighted by Gasteiger charge is -2.12. The van der Waals surface area contributed by atoms with E-state index in [9.17, 15) is 0 Å². The van der Waals surface area contributed by atoms with Crippen molar-refractivity contribution in [2.24, 2.45) is 0 Å². The summed E-state index contributed by atoms with van der Waals surface area (Å²) in [5, 5.41) is 8.84. The molecule has 0 radical (unpaired) electrons. The molecule has 15 heavy (non-hydrogen) atoms. The Balaban J connectivity index is 1.96. The van der Waals surface area contributed by atoms with Crippen molar-refractivity contribution in [2.45, 2.75) is 25.5 Å². The normalized spacial score (nSPS) is 24.9. The molecule has 0 spiro atoms. The van der Waals surface area contributed by atoms with Gasteiger partial charge >= 0.3 is 0 Å². The van der Waals surface area contributed by atoms with Crippen LogP contribution in [-0.4, -0.2) is 23.6 Å². The molecule has 1 fully saturated rings. The van der Waals surface area contributed by atoms with Gasteiger partial charge in [0.05, 0.1) is 6.54 Å². The third-order valence-corrected chi connectivity index (χ3v) is 2.71. The fourth-order valence-electron chi connectivity index (χ4n) is 1.90. The maximum absolute atomic E-state index is 8.84. The molecule has 3 nitrogen and oxygen atoms in total. The number of para-hydroxylation sites is 1. The zero-order chi connectivity index (χ0) is 10.7. The van der Waals surface area contributed by atoms with E-state index in [1.807, 2.05) is 30.3 Å². The minimum absolute atomic E-state index is 0.141. The van der Waals surface area contributed by atoms with Crippen molar-refractivity contribution in [2.75, 3.05) is 6.54 Å². The molecule has 0 saturated carbocycles. The van der Waals surface area contributed by atoms with Crippen LogP contribution in [0.3, 0.4) is 0 Å². The highest BCUT2D eigenvalue weighted by Gasteiger charge is 2.29. The Bertz CT molecular complexity index is 358. The van der Waals surface area contributed by atoms with Crippen LogP contribution in [0.2, 0.25) is 0 Å². The van der Waals surface area contributed by atoms with Crippen LogP contribution in [0.4, 0.5) is 0 Å². The van der Waals surface area contributed by atoms with Crippen molar-refractivity contribution in [3.8, 4) is 11.9 Å². The van der Waals surface area contributed by atoms with Gasteiger partial charge < -0.3 is 9.64 Å². The molecule has 1 aromatic carbocycles. The first-order valence-corrected chi connectivity index (χ1v) is 5.17. The highest BCUT2D eigenvalue weighted by Crippen LogP contribution is 2.21. The van der Waals surface area contributed by atoms with Gasteiger partial charge in [-0.05, 0) is 19.1 Å². The van der Waals surface area contributed by atoms with Gasteiger partial charge in [0.25, 0.3) is 0 Å². The second kappa shape index (κ2) is 4.22. The van der Waals surface area contributed by atoms with E-state index >= 15 is 0 Å². The third kappa shape index (κ3) is 2.21. The standard InChI is InChI=1S/C12H14N2O/c1-10-7-12(8-14(10)9-13)15-11-5-3-2-4-6-11/h2-6,10,12H,7-8H2,1H3. The molecule has 0 N–H and O–H groups in total. The van der Waals surface area contributed by atoms with E-state index in [-0.39, 0.29) is 6.10 Å². The monoisotopic (exact) mass is 202 g/mol. The van der Waals surface area contributed by atoms with Crippen molar-refractivity contribution in [3.05, 3.63) is 30.3 Å². The van der Waals surface area contributed by atoms with E-state index in [1.54, 1.807) is 4.90 Å². The van der Waals surface area contributed by atoms with E-state index in [0.717, 1.165) is 12.2 Å². The molecule has 2 unspecified atom stereocenters. The smallest absolute Gasteiger partial charge is 0.179 e. The van der Waals surface area contributed by atoms with E-state index in [4.69, 9.17) is 10.00 Å². The number of nitriles is 1. The van der Waals surface area contributed by atoms with Gasteiger partial charge in [0.15, 0.2) is 6.19 Å². The Morgan fingerprint density at radius 1 is 1.40 bits per heavy atom. The minimum Gasteiger partial charge on any atom is -0.488 e. The molecule has 1 heterocycles. The number of rotatable bonds is 2. The van der Waals surface area contributed by atoms with Crippen molar-refractivity contribution in [3.63, 3.8) is 0 Å². The maximum Gasteiger partial charge on any atom is 0.179 e. The average Bonchev–Trinajstić information content (AvgIpc) is 2.60. The van der Waals surface area contributed by atoms with Crippen LogP contribution in [0.25, 0.3) is 0 Å². The van der Waals surface area contributed by atoms with Crippen LogP contribution in [0, 0.1) is 11.5 Å². The average molecular weight is 202 g/mol. The Kier molecular flexibility index (Phi) is 2.77. The highest BCUT2D eigenvalue weighted by molar-refractivity contribution is 5.21. The molecule has 1 aromatic rings. The zero-order valence-electron chi connectivity index (χ0n) is 8.76. The van der Waals surface area contributed by atoms with Gasteiger partial charge in [0, 0.05) is 12.5 Å². The van der Waals surface area contributed by atoms with Gasteiger partial charge in [-0.1, -0.05) is 18.2 Å². The maximum atomic E-state index is 8.84. The molecular formula is C12H14N2O. The first-order valence-electron chi connectivity index (χ1n) is 5.17. The number of benzene rings is 1. The minimum atomic E-state index is 0.141. The Morgan fingerprint density at radius 3 is 2.73 bits per heavy atom. The molecule has 1 aliphatic heterocycles. The molecule has 0 aromatic heterocycles. The van der Waals surface area contributed by atoms with E-state index in [1.165, 1.54) is 0 Å². The Morgan fingerprint density at radius 2 is 2.13 bits per heavy atom. The molecule has 78 valence electrons. The fraction of sp³-hybridized carbons (Fsp3) is 0.417. The summed E-state index contributed by atoms with van der Waals surface area (Å²) in [5.74, 6) is 0.884. The van der Waals surface area contributed by atoms with E-state index < -0.39 is 0 Å². The SMILES string of the molecule is CC1CC(Oc2ccccc2)CN1C#N. The lowest BCUT2D eigenvalue weighted by Crippen LogP contribution is -2.23. The summed E-state index contributed by atoms with van der Waals surface area (Å²) in [5.41, 5.74) is 0. The topological polar surface area (TPSA) is 36.3 Å². The van der Waals surface area contributed by atoms with Gasteiger partial charge in [-0.25, -0.2) is 0 Å². The Labute approximate surface area is 89.9 Å². The number of likely N-dealkylation sites (tertiary alicyclic amines) is 1. The molecule has 0 aliphatic carbocycles. The van der Waals surface area contributed by atoms with Crippen molar-refractivity contribution >= 4 is 0 Å². The largest absolute Gasteiger partial charge is 0.488 e. The van der Waals surface area contributed by atoms with Gasteiger partial charge in [0.1, 0.15) is 11.9 Å². The van der Waals surface area contributed by atoms with Crippen molar-refractivity contribution in [1.29, 1.82) is 5.26 Å². The predicted molar refractivity (Wildman–Crippen MR) is 57.3 cm³/mol. The zero-order valence-corrected chi connectivity index (χ0v) is 8.76. The second-order valence-corrected chi connectivity index (χ2v) is 3.89. The lowest BCUT2D eigenvalue weighted by molar-refractivity contribution is 0.213. The lowest BCUT2D eigenvalue weighted by atomic mass is 10.2. The summed E-state index contributed by atoms with van der Waals surface area (Å²) in [6, 6.07) is 10.1. The van der Waals surface area contributed by atoms with Gasteiger partial charge in [-0.15, -0.1) is 0 Å². The highest BCUT2D eigenvalue weighted by atomic mass is 16.5. The number of nitrogens with zero attached hydrogens (tertiary/aromatic N) is 2. The van der Waals surface area contributed by atoms with Gasteiger partial charge in [-0.2, -0.15) is 5.26 Å². The Hall–Kier alpha value is -1.69. The molecule has 1 aliphatic rings. The molecule has 0 bridgehead atoms. The molecule has 2 rings (SSSR count). The number of hydrogen-bond donors (Lipinski definition) is 0.